The van der Waals surface area contributed by atoms with Crippen LogP contribution in [0.1, 0.15) is 5.56 Å². The van der Waals surface area contributed by atoms with E-state index >= 15 is 0 Å². The summed E-state index contributed by atoms with van der Waals surface area (Å²) in [6, 6.07) is 7.81. The molecule has 0 fully saturated rings. The Kier molecular flexibility index (Phi) is 3.49. The highest BCUT2D eigenvalue weighted by Gasteiger charge is 2.30. The van der Waals surface area contributed by atoms with Crippen LogP contribution < -0.4 is 4.74 Å². The van der Waals surface area contributed by atoms with Gasteiger partial charge in [-0.2, -0.15) is 0 Å². The molecule has 0 spiro atoms. The van der Waals surface area contributed by atoms with Crippen LogP contribution in [0.5, 0.6) is 5.75 Å². The van der Waals surface area contributed by atoms with Gasteiger partial charge in [0.15, 0.2) is 6.10 Å². The van der Waals surface area contributed by atoms with Crippen LogP contribution in [0.25, 0.3) is 0 Å². The summed E-state index contributed by atoms with van der Waals surface area (Å²) in [7, 11) is 1.80. The molecular weight excluding hydrogens is 270 g/mol. The fourth-order valence-electron chi connectivity index (χ4n) is 1.80. The van der Waals surface area contributed by atoms with Gasteiger partial charge in [-0.15, -0.1) is 0 Å². The molecule has 0 aliphatic carbocycles. The molecule has 4 heteroatoms. The van der Waals surface area contributed by atoms with E-state index in [0.717, 1.165) is 16.6 Å². The molecule has 0 N–H and O–H groups in total. The average Bonchev–Trinajstić information content (AvgIpc) is 2.71. The number of amides is 1. The normalized spacial score (nSPS) is 17.8. The molecule has 3 nitrogen and oxygen atoms in total. The molecule has 86 valence electrons. The molecule has 1 atom stereocenters. The lowest BCUT2D eigenvalue weighted by molar-refractivity contribution is -0.136. The van der Waals surface area contributed by atoms with Crippen molar-refractivity contribution in [2.45, 2.75) is 12.5 Å². The second-order valence-corrected chi connectivity index (χ2v) is 4.66. The number of carbonyl (C=O) groups is 1. The number of ether oxygens (including phenoxy) is 1. The minimum atomic E-state index is -0.346. The minimum absolute atomic E-state index is 0.0515. The van der Waals surface area contributed by atoms with E-state index in [0.29, 0.717) is 13.0 Å². The van der Waals surface area contributed by atoms with Gasteiger partial charge in [0.05, 0.1) is 0 Å². The van der Waals surface area contributed by atoms with Gasteiger partial charge in [0.2, 0.25) is 0 Å². The number of halogens is 1. The Hall–Kier alpha value is -1.03. The first kappa shape index (κ1) is 11.5. The summed E-state index contributed by atoms with van der Waals surface area (Å²) in [4.78, 5) is 13.7. The van der Waals surface area contributed by atoms with Gasteiger partial charge in [0, 0.05) is 25.3 Å². The van der Waals surface area contributed by atoms with Crippen molar-refractivity contribution >= 4 is 21.8 Å². The monoisotopic (exact) mass is 283 g/mol. The lowest BCUT2D eigenvalue weighted by Gasteiger charge is -2.19. The number of nitrogens with zero attached hydrogens (tertiary/aromatic N) is 1. The zero-order chi connectivity index (χ0) is 11.5. The first-order chi connectivity index (χ1) is 7.72. The Bertz CT molecular complexity index is 369. The van der Waals surface area contributed by atoms with E-state index in [9.17, 15) is 4.79 Å². The third kappa shape index (κ3) is 2.21. The van der Waals surface area contributed by atoms with Crippen LogP contribution in [-0.2, 0) is 11.2 Å². The maximum absolute atomic E-state index is 12.0. The largest absolute Gasteiger partial charge is 0.480 e. The third-order valence-electron chi connectivity index (χ3n) is 2.72. The molecule has 1 aliphatic heterocycles. The summed E-state index contributed by atoms with van der Waals surface area (Å²) >= 11 is 3.32. The summed E-state index contributed by atoms with van der Waals surface area (Å²) in [5, 5.41) is 0.787. The molecule has 1 aromatic carbocycles. The standard InChI is InChI=1S/C12H14BrNO2/c1-14(7-6-13)12(15)11-8-9-4-2-3-5-10(9)16-11/h2-5,11H,6-8H2,1H3. The maximum atomic E-state index is 12.0. The van der Waals surface area contributed by atoms with Gasteiger partial charge in [0.1, 0.15) is 5.75 Å². The van der Waals surface area contributed by atoms with Crippen molar-refractivity contribution in [2.24, 2.45) is 0 Å². The summed E-state index contributed by atoms with van der Waals surface area (Å²) in [6.45, 7) is 0.703. The minimum Gasteiger partial charge on any atom is -0.480 e. The van der Waals surface area contributed by atoms with Crippen LogP contribution in [0.15, 0.2) is 24.3 Å². The van der Waals surface area contributed by atoms with Crippen LogP contribution in [0.4, 0.5) is 0 Å². The zero-order valence-electron chi connectivity index (χ0n) is 9.15. The first-order valence-electron chi connectivity index (χ1n) is 5.28. The number of benzene rings is 1. The second-order valence-electron chi connectivity index (χ2n) is 3.87. The summed E-state index contributed by atoms with van der Waals surface area (Å²) in [5.41, 5.74) is 1.12. The maximum Gasteiger partial charge on any atom is 0.263 e. The van der Waals surface area contributed by atoms with Crippen molar-refractivity contribution in [2.75, 3.05) is 18.9 Å². The highest BCUT2D eigenvalue weighted by atomic mass is 79.9. The van der Waals surface area contributed by atoms with Gasteiger partial charge in [0.25, 0.3) is 5.91 Å². The van der Waals surface area contributed by atoms with E-state index in [1.54, 1.807) is 11.9 Å². The van der Waals surface area contributed by atoms with Crippen molar-refractivity contribution in [3.05, 3.63) is 29.8 Å². The number of rotatable bonds is 3. The lowest BCUT2D eigenvalue weighted by atomic mass is 10.1. The second kappa shape index (κ2) is 4.87. The fourth-order valence-corrected chi connectivity index (χ4v) is 2.33. The van der Waals surface area contributed by atoms with E-state index in [2.05, 4.69) is 15.9 Å². The van der Waals surface area contributed by atoms with Crippen LogP contribution in [0.2, 0.25) is 0 Å². The molecular formula is C12H14BrNO2. The molecule has 1 aromatic rings. The van der Waals surface area contributed by atoms with Crippen LogP contribution in [0, 0.1) is 0 Å². The molecule has 2 rings (SSSR count). The first-order valence-corrected chi connectivity index (χ1v) is 6.40. The summed E-state index contributed by atoms with van der Waals surface area (Å²) < 4.78 is 5.63. The van der Waals surface area contributed by atoms with Crippen molar-refractivity contribution in [1.82, 2.24) is 4.90 Å². The number of fused-ring (bicyclic) bond motifs is 1. The quantitative estimate of drug-likeness (QED) is 0.793. The highest BCUT2D eigenvalue weighted by molar-refractivity contribution is 9.09. The highest BCUT2D eigenvalue weighted by Crippen LogP contribution is 2.28. The van der Waals surface area contributed by atoms with Gasteiger partial charge in [-0.1, -0.05) is 34.1 Å². The van der Waals surface area contributed by atoms with Crippen LogP contribution in [0.3, 0.4) is 0 Å². The summed E-state index contributed by atoms with van der Waals surface area (Å²) in [6.07, 6.45) is 0.336. The number of hydrogen-bond donors (Lipinski definition) is 0. The van der Waals surface area contributed by atoms with E-state index in [1.165, 1.54) is 0 Å². The Morgan fingerprint density at radius 3 is 3.00 bits per heavy atom. The van der Waals surface area contributed by atoms with Crippen molar-refractivity contribution in [3.8, 4) is 5.75 Å². The number of para-hydroxylation sites is 1. The predicted molar refractivity (Wildman–Crippen MR) is 66.0 cm³/mol. The van der Waals surface area contributed by atoms with E-state index in [1.807, 2.05) is 24.3 Å². The number of alkyl halides is 1. The van der Waals surface area contributed by atoms with Crippen LogP contribution in [-0.4, -0.2) is 35.8 Å². The van der Waals surface area contributed by atoms with E-state index in [4.69, 9.17) is 4.74 Å². The fraction of sp³-hybridized carbons (Fsp3) is 0.417. The number of likely N-dealkylation sites (N-methyl/N-ethyl adjacent to an activating group) is 1. The van der Waals surface area contributed by atoms with Gasteiger partial charge in [-0.05, 0) is 11.6 Å². The molecule has 1 amide bonds. The Balaban J connectivity index is 2.03. The molecule has 0 bridgehead atoms. The number of hydrogen-bond acceptors (Lipinski definition) is 2. The van der Waals surface area contributed by atoms with Gasteiger partial charge in [-0.3, -0.25) is 4.79 Å². The van der Waals surface area contributed by atoms with Gasteiger partial charge >= 0.3 is 0 Å². The van der Waals surface area contributed by atoms with Crippen LogP contribution >= 0.6 is 15.9 Å². The third-order valence-corrected chi connectivity index (χ3v) is 3.07. The molecule has 16 heavy (non-hydrogen) atoms. The molecule has 1 unspecified atom stereocenters. The summed E-state index contributed by atoms with van der Waals surface area (Å²) in [5.74, 6) is 0.892. The number of carbonyl (C=O) groups excluding carboxylic acids is 1. The van der Waals surface area contributed by atoms with Crippen molar-refractivity contribution in [3.63, 3.8) is 0 Å². The zero-order valence-corrected chi connectivity index (χ0v) is 10.7. The van der Waals surface area contributed by atoms with Crippen molar-refractivity contribution < 1.29 is 9.53 Å². The molecule has 0 radical (unpaired) electrons. The Labute approximate surface area is 104 Å². The lowest BCUT2D eigenvalue weighted by Crippen LogP contribution is -2.39. The Morgan fingerprint density at radius 1 is 1.56 bits per heavy atom. The molecule has 1 heterocycles. The molecule has 0 saturated heterocycles. The van der Waals surface area contributed by atoms with Gasteiger partial charge in [-0.25, -0.2) is 0 Å². The van der Waals surface area contributed by atoms with E-state index < -0.39 is 0 Å². The SMILES string of the molecule is CN(CCBr)C(=O)C1Cc2ccccc2O1. The molecule has 1 aliphatic rings. The van der Waals surface area contributed by atoms with Crippen molar-refractivity contribution in [1.29, 1.82) is 0 Å². The molecule has 0 aromatic heterocycles. The smallest absolute Gasteiger partial charge is 0.263 e. The van der Waals surface area contributed by atoms with E-state index in [-0.39, 0.29) is 12.0 Å². The Morgan fingerprint density at radius 2 is 2.31 bits per heavy atom. The predicted octanol–water partition coefficient (Wildman–Crippen LogP) is 1.84. The topological polar surface area (TPSA) is 29.5 Å². The average molecular weight is 284 g/mol. The van der Waals surface area contributed by atoms with Gasteiger partial charge < -0.3 is 9.64 Å². The molecule has 0 saturated carbocycles.